The molecule has 0 spiro atoms. The van der Waals surface area contributed by atoms with Crippen LogP contribution in [0.3, 0.4) is 0 Å². The van der Waals surface area contributed by atoms with Gasteiger partial charge in [0.2, 0.25) is 5.91 Å². The molecular weight excluding hydrogens is 480 g/mol. The molecule has 8 nitrogen and oxygen atoms in total. The van der Waals surface area contributed by atoms with Crippen LogP contribution in [0.1, 0.15) is 50.4 Å². The molecular formula is C30H34N4O4. The van der Waals surface area contributed by atoms with Crippen molar-refractivity contribution in [2.75, 3.05) is 51.8 Å². The van der Waals surface area contributed by atoms with Gasteiger partial charge in [-0.1, -0.05) is 31.2 Å². The van der Waals surface area contributed by atoms with Gasteiger partial charge >= 0.3 is 0 Å². The molecule has 5 rings (SSSR count). The number of nitrogens with two attached hydrogens (primary N) is 1. The SMILES string of the molecule is CCN1CCN(c2cccc3c2CN(C(c2cccc(C(N)=O)c2)c2ccc(OC)c(OC)c2)C3=O)CC1. The van der Waals surface area contributed by atoms with E-state index >= 15 is 0 Å². The maximum atomic E-state index is 14.0. The zero-order chi connectivity index (χ0) is 26.8. The summed E-state index contributed by atoms with van der Waals surface area (Å²) in [5.74, 6) is 0.617. The Balaban J connectivity index is 1.57. The number of primary amides is 1. The summed E-state index contributed by atoms with van der Waals surface area (Å²) in [4.78, 5) is 32.7. The Hall–Kier alpha value is -4.04. The fourth-order valence-electron chi connectivity index (χ4n) is 5.59. The van der Waals surface area contributed by atoms with Gasteiger partial charge in [-0.15, -0.1) is 0 Å². The van der Waals surface area contributed by atoms with Crippen molar-refractivity contribution in [1.29, 1.82) is 0 Å². The average Bonchev–Trinajstić information content (AvgIpc) is 3.29. The molecule has 0 radical (unpaired) electrons. The number of methoxy groups -OCH3 is 2. The van der Waals surface area contributed by atoms with Crippen LogP contribution >= 0.6 is 0 Å². The summed E-state index contributed by atoms with van der Waals surface area (Å²) in [6.07, 6.45) is 0. The summed E-state index contributed by atoms with van der Waals surface area (Å²) in [6, 6.07) is 18.4. The van der Waals surface area contributed by atoms with Gasteiger partial charge in [0.1, 0.15) is 0 Å². The first-order valence-electron chi connectivity index (χ1n) is 13.0. The first-order valence-corrected chi connectivity index (χ1v) is 13.0. The Bertz CT molecular complexity index is 1350. The molecule has 1 fully saturated rings. The number of rotatable bonds is 8. The molecule has 3 aromatic carbocycles. The molecule has 2 heterocycles. The number of anilines is 1. The van der Waals surface area contributed by atoms with Crippen molar-refractivity contribution in [3.8, 4) is 11.5 Å². The van der Waals surface area contributed by atoms with Gasteiger partial charge < -0.3 is 29.9 Å². The number of hydrogen-bond donors (Lipinski definition) is 1. The highest BCUT2D eigenvalue weighted by molar-refractivity contribution is 6.00. The van der Waals surface area contributed by atoms with Gasteiger partial charge in [0.15, 0.2) is 11.5 Å². The van der Waals surface area contributed by atoms with Gasteiger partial charge in [-0.2, -0.15) is 0 Å². The monoisotopic (exact) mass is 514 g/mol. The second-order valence-corrected chi connectivity index (χ2v) is 9.66. The Morgan fingerprint density at radius 3 is 2.32 bits per heavy atom. The third kappa shape index (κ3) is 4.67. The minimum Gasteiger partial charge on any atom is -0.493 e. The van der Waals surface area contributed by atoms with Gasteiger partial charge in [0.25, 0.3) is 5.91 Å². The number of ether oxygens (including phenoxy) is 2. The lowest BCUT2D eigenvalue weighted by atomic mass is 9.95. The molecule has 0 saturated carbocycles. The van der Waals surface area contributed by atoms with Crippen LogP contribution in [0.4, 0.5) is 5.69 Å². The summed E-state index contributed by atoms with van der Waals surface area (Å²) in [6.45, 7) is 7.56. The van der Waals surface area contributed by atoms with E-state index in [-0.39, 0.29) is 5.91 Å². The van der Waals surface area contributed by atoms with E-state index in [4.69, 9.17) is 15.2 Å². The molecule has 1 atom stereocenters. The Morgan fingerprint density at radius 2 is 1.63 bits per heavy atom. The van der Waals surface area contributed by atoms with E-state index in [1.165, 1.54) is 0 Å². The van der Waals surface area contributed by atoms with E-state index in [2.05, 4.69) is 22.8 Å². The molecule has 38 heavy (non-hydrogen) atoms. The van der Waals surface area contributed by atoms with Crippen LogP contribution in [-0.4, -0.2) is 68.6 Å². The maximum Gasteiger partial charge on any atom is 0.255 e. The molecule has 1 unspecified atom stereocenters. The molecule has 198 valence electrons. The van der Waals surface area contributed by atoms with E-state index in [1.807, 2.05) is 41.3 Å². The van der Waals surface area contributed by atoms with Crippen LogP contribution in [-0.2, 0) is 6.54 Å². The number of amides is 2. The third-order valence-corrected chi connectivity index (χ3v) is 7.65. The molecule has 2 aliphatic heterocycles. The standard InChI is InChI=1S/C30H34N4O4/c1-4-32-13-15-33(16-14-32)25-10-6-9-23-24(25)19-34(30(23)36)28(20-7-5-8-22(17-20)29(31)35)21-11-12-26(37-2)27(18-21)38-3/h5-12,17-18,28H,4,13-16,19H2,1-3H3,(H2,31,35). The second kappa shape index (κ2) is 10.8. The van der Waals surface area contributed by atoms with E-state index < -0.39 is 11.9 Å². The molecule has 2 N–H and O–H groups in total. The number of carbonyl (C=O) groups is 2. The predicted molar refractivity (Wildman–Crippen MR) is 147 cm³/mol. The zero-order valence-electron chi connectivity index (χ0n) is 22.1. The fraction of sp³-hybridized carbons (Fsp3) is 0.333. The van der Waals surface area contributed by atoms with Gasteiger partial charge in [0.05, 0.1) is 20.3 Å². The van der Waals surface area contributed by atoms with Crippen molar-refractivity contribution < 1.29 is 19.1 Å². The van der Waals surface area contributed by atoms with Crippen molar-refractivity contribution >= 4 is 17.5 Å². The fourth-order valence-corrected chi connectivity index (χ4v) is 5.59. The highest BCUT2D eigenvalue weighted by atomic mass is 16.5. The zero-order valence-corrected chi connectivity index (χ0v) is 22.1. The molecule has 0 bridgehead atoms. The number of hydrogen-bond acceptors (Lipinski definition) is 6. The van der Waals surface area contributed by atoms with E-state index in [0.29, 0.717) is 23.6 Å². The minimum absolute atomic E-state index is 0.0432. The molecule has 2 amide bonds. The van der Waals surface area contributed by atoms with Crippen molar-refractivity contribution in [3.63, 3.8) is 0 Å². The number of benzene rings is 3. The minimum atomic E-state index is -0.512. The van der Waals surface area contributed by atoms with Gasteiger partial charge in [-0.05, 0) is 54.1 Å². The maximum absolute atomic E-state index is 14.0. The topological polar surface area (TPSA) is 88.3 Å². The molecule has 2 aliphatic rings. The van der Waals surface area contributed by atoms with Crippen LogP contribution in [0.25, 0.3) is 0 Å². The Labute approximate surface area is 223 Å². The molecule has 3 aromatic rings. The normalized spacial score (nSPS) is 16.3. The second-order valence-electron chi connectivity index (χ2n) is 9.66. The van der Waals surface area contributed by atoms with Gasteiger partial charge in [-0.3, -0.25) is 9.59 Å². The van der Waals surface area contributed by atoms with Crippen molar-refractivity contribution in [1.82, 2.24) is 9.80 Å². The lowest BCUT2D eigenvalue weighted by Crippen LogP contribution is -2.46. The summed E-state index contributed by atoms with van der Waals surface area (Å²) < 4.78 is 11.0. The molecule has 0 aliphatic carbocycles. The first kappa shape index (κ1) is 25.6. The van der Waals surface area contributed by atoms with E-state index in [0.717, 1.165) is 60.7 Å². The third-order valence-electron chi connectivity index (χ3n) is 7.65. The van der Waals surface area contributed by atoms with E-state index in [9.17, 15) is 9.59 Å². The highest BCUT2D eigenvalue weighted by Crippen LogP contribution is 2.41. The smallest absolute Gasteiger partial charge is 0.255 e. The van der Waals surface area contributed by atoms with Crippen molar-refractivity contribution in [2.45, 2.75) is 19.5 Å². The molecule has 0 aromatic heterocycles. The number of fused-ring (bicyclic) bond motifs is 1. The van der Waals surface area contributed by atoms with Crippen LogP contribution in [0.5, 0.6) is 11.5 Å². The summed E-state index contributed by atoms with van der Waals surface area (Å²) in [5, 5.41) is 0. The van der Waals surface area contributed by atoms with Crippen molar-refractivity contribution in [2.24, 2.45) is 5.73 Å². The van der Waals surface area contributed by atoms with Gasteiger partial charge in [0, 0.05) is 55.1 Å². The lowest BCUT2D eigenvalue weighted by molar-refractivity contribution is 0.0730. The number of carbonyl (C=O) groups excluding carboxylic acids is 2. The quantitative estimate of drug-likeness (QED) is 0.493. The predicted octanol–water partition coefficient (Wildman–Crippen LogP) is 3.69. The average molecular weight is 515 g/mol. The Kier molecular flexibility index (Phi) is 7.24. The molecule has 8 heteroatoms. The number of likely N-dealkylation sites (N-methyl/N-ethyl adjacent to an activating group) is 1. The van der Waals surface area contributed by atoms with Gasteiger partial charge in [-0.25, -0.2) is 0 Å². The van der Waals surface area contributed by atoms with Crippen LogP contribution in [0.15, 0.2) is 60.7 Å². The van der Waals surface area contributed by atoms with E-state index in [1.54, 1.807) is 32.4 Å². The summed E-state index contributed by atoms with van der Waals surface area (Å²) >= 11 is 0. The van der Waals surface area contributed by atoms with Crippen molar-refractivity contribution in [3.05, 3.63) is 88.5 Å². The van der Waals surface area contributed by atoms with Crippen LogP contribution in [0.2, 0.25) is 0 Å². The summed E-state index contributed by atoms with van der Waals surface area (Å²) in [7, 11) is 3.18. The number of piperazine rings is 1. The first-order chi connectivity index (χ1) is 18.4. The van der Waals surface area contributed by atoms with Crippen LogP contribution < -0.4 is 20.1 Å². The lowest BCUT2D eigenvalue weighted by Gasteiger charge is -2.36. The Morgan fingerprint density at radius 1 is 0.921 bits per heavy atom. The van der Waals surface area contributed by atoms with Crippen LogP contribution in [0, 0.1) is 0 Å². The highest BCUT2D eigenvalue weighted by Gasteiger charge is 2.37. The molecule has 1 saturated heterocycles. The summed E-state index contributed by atoms with van der Waals surface area (Å²) in [5.41, 5.74) is 10.5. The largest absolute Gasteiger partial charge is 0.493 e. The number of nitrogens with zero attached hydrogens (tertiary/aromatic N) is 3.